The molecule has 174 valence electrons. The number of anilines is 1. The first-order chi connectivity index (χ1) is 15.9. The number of nitrogens with zero attached hydrogens (tertiary/aromatic N) is 2. The highest BCUT2D eigenvalue weighted by Gasteiger charge is 2.50. The van der Waals surface area contributed by atoms with E-state index in [2.05, 4.69) is 5.32 Å². The van der Waals surface area contributed by atoms with E-state index in [1.807, 2.05) is 29.0 Å². The van der Waals surface area contributed by atoms with Crippen molar-refractivity contribution in [2.24, 2.45) is 0 Å². The zero-order valence-corrected chi connectivity index (χ0v) is 20.5. The zero-order valence-electron chi connectivity index (χ0n) is 18.9. The molecule has 6 nitrogen and oxygen atoms in total. The van der Waals surface area contributed by atoms with Crippen LogP contribution >= 0.6 is 22.9 Å². The van der Waals surface area contributed by atoms with E-state index in [0.29, 0.717) is 28.7 Å². The van der Waals surface area contributed by atoms with Gasteiger partial charge < -0.3 is 14.6 Å². The summed E-state index contributed by atoms with van der Waals surface area (Å²) >= 11 is 7.93. The normalized spacial score (nSPS) is 21.7. The van der Waals surface area contributed by atoms with Crippen LogP contribution in [0, 0.1) is 0 Å². The van der Waals surface area contributed by atoms with Crippen molar-refractivity contribution in [1.29, 1.82) is 0 Å². The molecule has 1 aliphatic heterocycles. The summed E-state index contributed by atoms with van der Waals surface area (Å²) in [5.41, 5.74) is 0.903. The highest BCUT2D eigenvalue weighted by molar-refractivity contribution is 7.17. The molecule has 1 aliphatic carbocycles. The number of amides is 2. The van der Waals surface area contributed by atoms with Crippen molar-refractivity contribution in [1.82, 2.24) is 9.88 Å². The minimum Gasteiger partial charge on any atom is -0.495 e. The number of thiophene rings is 1. The number of rotatable bonds is 4. The van der Waals surface area contributed by atoms with Gasteiger partial charge in [-0.15, -0.1) is 11.3 Å². The Bertz CT molecular complexity index is 1210. The van der Waals surface area contributed by atoms with Crippen LogP contribution in [0.2, 0.25) is 5.02 Å². The lowest BCUT2D eigenvalue weighted by Crippen LogP contribution is -2.65. The summed E-state index contributed by atoms with van der Waals surface area (Å²) in [7, 11) is 1.56. The molecule has 3 aromatic rings. The van der Waals surface area contributed by atoms with Gasteiger partial charge in [-0.3, -0.25) is 14.5 Å². The molecule has 3 heterocycles. The van der Waals surface area contributed by atoms with Gasteiger partial charge in [-0.05, 0) is 55.5 Å². The number of fused-ring (bicyclic) bond motifs is 3. The number of hydrogen-bond acceptors (Lipinski definition) is 4. The summed E-state index contributed by atoms with van der Waals surface area (Å²) in [6, 6.07) is 9.21. The third-order valence-electron chi connectivity index (χ3n) is 6.97. The van der Waals surface area contributed by atoms with Crippen molar-refractivity contribution in [2.45, 2.75) is 63.6 Å². The molecule has 33 heavy (non-hydrogen) atoms. The molecule has 2 aliphatic rings. The van der Waals surface area contributed by atoms with E-state index in [-0.39, 0.29) is 17.9 Å². The maximum atomic E-state index is 14.0. The van der Waals surface area contributed by atoms with Gasteiger partial charge in [0, 0.05) is 11.1 Å². The molecule has 0 bridgehead atoms. The second kappa shape index (κ2) is 8.69. The molecule has 0 unspecified atom stereocenters. The Morgan fingerprint density at radius 2 is 1.94 bits per heavy atom. The van der Waals surface area contributed by atoms with Gasteiger partial charge in [-0.25, -0.2) is 0 Å². The molecule has 5 rings (SSSR count). The van der Waals surface area contributed by atoms with Gasteiger partial charge in [0.1, 0.15) is 17.0 Å². The number of halogens is 1. The van der Waals surface area contributed by atoms with Crippen LogP contribution in [0.3, 0.4) is 0 Å². The van der Waals surface area contributed by atoms with Gasteiger partial charge in [0.15, 0.2) is 0 Å². The number of nitrogens with one attached hydrogen (secondary N) is 1. The first kappa shape index (κ1) is 22.3. The summed E-state index contributed by atoms with van der Waals surface area (Å²) in [4.78, 5) is 29.5. The minimum absolute atomic E-state index is 0.127. The number of methoxy groups -OCH3 is 1. The lowest BCUT2D eigenvalue weighted by Gasteiger charge is -2.44. The molecule has 0 radical (unpaired) electrons. The molecule has 2 aromatic heterocycles. The fraction of sp³-hybridized carbons (Fsp3) is 0.440. The molecule has 1 atom stereocenters. The highest BCUT2D eigenvalue weighted by atomic mass is 35.5. The van der Waals surface area contributed by atoms with Crippen LogP contribution in [-0.4, -0.2) is 35.1 Å². The van der Waals surface area contributed by atoms with E-state index in [9.17, 15) is 9.59 Å². The van der Waals surface area contributed by atoms with E-state index >= 15 is 0 Å². The zero-order chi connectivity index (χ0) is 23.2. The Hall–Kier alpha value is -2.51. The smallest absolute Gasteiger partial charge is 0.276 e. The van der Waals surface area contributed by atoms with Crippen molar-refractivity contribution in [3.8, 4) is 5.75 Å². The van der Waals surface area contributed by atoms with Crippen LogP contribution in [0.25, 0.3) is 10.2 Å². The third-order valence-corrected chi connectivity index (χ3v) is 8.05. The Kier molecular flexibility index (Phi) is 5.87. The second-order valence-corrected chi connectivity index (χ2v) is 10.6. The number of hydrogen-bond donors (Lipinski definition) is 1. The summed E-state index contributed by atoms with van der Waals surface area (Å²) in [5.74, 6) is 0.124. The second-order valence-electron chi connectivity index (χ2n) is 9.18. The van der Waals surface area contributed by atoms with E-state index in [0.717, 1.165) is 35.9 Å². The predicted octanol–water partition coefficient (Wildman–Crippen LogP) is 5.62. The molecule has 1 saturated carbocycles. The number of benzene rings is 1. The van der Waals surface area contributed by atoms with E-state index in [4.69, 9.17) is 16.3 Å². The van der Waals surface area contributed by atoms with Gasteiger partial charge in [0.25, 0.3) is 5.91 Å². The van der Waals surface area contributed by atoms with Gasteiger partial charge >= 0.3 is 0 Å². The molecule has 1 N–H and O–H groups in total. The average molecular weight is 486 g/mol. The van der Waals surface area contributed by atoms with Crippen LogP contribution in [-0.2, 0) is 11.3 Å². The van der Waals surface area contributed by atoms with Crippen molar-refractivity contribution < 1.29 is 14.3 Å². The standard InChI is InChI=1S/C25H28ClN3O3S/c1-25(24(31)27-17-7-5-3-4-6-8-17)15-28-18-11-12-33-22(18)14-20(28)23(30)29(25)19-13-16(26)9-10-21(19)32-2/h9-14,17H,3-8,15H2,1-2H3,(H,27,31)/t25-/m1/s1. The third kappa shape index (κ3) is 3.81. The first-order valence-electron chi connectivity index (χ1n) is 11.5. The highest BCUT2D eigenvalue weighted by Crippen LogP contribution is 2.41. The van der Waals surface area contributed by atoms with Crippen molar-refractivity contribution >= 4 is 50.7 Å². The molecule has 0 spiro atoms. The maximum Gasteiger partial charge on any atom is 0.276 e. The van der Waals surface area contributed by atoms with Gasteiger partial charge in [0.2, 0.25) is 5.91 Å². The Morgan fingerprint density at radius 1 is 1.18 bits per heavy atom. The quantitative estimate of drug-likeness (QED) is 0.487. The molecular weight excluding hydrogens is 458 g/mol. The molecule has 2 amide bonds. The number of aromatic nitrogens is 1. The fourth-order valence-electron chi connectivity index (χ4n) is 5.19. The lowest BCUT2D eigenvalue weighted by molar-refractivity contribution is -0.127. The molecule has 1 fully saturated rings. The monoisotopic (exact) mass is 485 g/mol. The largest absolute Gasteiger partial charge is 0.495 e. The van der Waals surface area contributed by atoms with Crippen LogP contribution < -0.4 is 15.0 Å². The SMILES string of the molecule is COc1ccc(Cl)cc1N1C(=O)c2cc3sccc3n2C[C@]1(C)C(=O)NC1CCCCCC1. The van der Waals surface area contributed by atoms with Gasteiger partial charge in [-0.1, -0.05) is 37.3 Å². The summed E-state index contributed by atoms with van der Waals surface area (Å²) in [6.07, 6.45) is 6.58. The first-order valence-corrected chi connectivity index (χ1v) is 12.7. The van der Waals surface area contributed by atoms with E-state index < -0.39 is 5.54 Å². The molecule has 0 saturated heterocycles. The minimum atomic E-state index is -1.15. The van der Waals surface area contributed by atoms with E-state index in [1.54, 1.807) is 41.5 Å². The Balaban J connectivity index is 1.62. The van der Waals surface area contributed by atoms with Crippen molar-refractivity contribution in [2.75, 3.05) is 12.0 Å². The Morgan fingerprint density at radius 3 is 2.67 bits per heavy atom. The van der Waals surface area contributed by atoms with Crippen molar-refractivity contribution in [3.05, 3.63) is 46.4 Å². The summed E-state index contributed by atoms with van der Waals surface area (Å²) < 4.78 is 8.60. The molecule has 1 aromatic carbocycles. The van der Waals surface area contributed by atoms with Crippen molar-refractivity contribution in [3.63, 3.8) is 0 Å². The molecular formula is C25H28ClN3O3S. The number of carbonyl (C=O) groups excluding carboxylic acids is 2. The predicted molar refractivity (Wildman–Crippen MR) is 133 cm³/mol. The fourth-order valence-corrected chi connectivity index (χ4v) is 6.18. The summed E-state index contributed by atoms with van der Waals surface area (Å²) in [5, 5.41) is 5.78. The average Bonchev–Trinajstić information content (AvgIpc) is 3.28. The van der Waals surface area contributed by atoms with Crippen LogP contribution in [0.5, 0.6) is 5.75 Å². The maximum absolute atomic E-state index is 14.0. The van der Waals surface area contributed by atoms with E-state index in [1.165, 1.54) is 12.8 Å². The van der Waals surface area contributed by atoms with Crippen LogP contribution in [0.1, 0.15) is 55.9 Å². The molecule has 8 heteroatoms. The summed E-state index contributed by atoms with van der Waals surface area (Å²) in [6.45, 7) is 2.20. The van der Waals surface area contributed by atoms with Crippen LogP contribution in [0.15, 0.2) is 35.7 Å². The lowest BCUT2D eigenvalue weighted by atomic mass is 9.92. The topological polar surface area (TPSA) is 63.6 Å². The van der Waals surface area contributed by atoms with Gasteiger partial charge in [0.05, 0.1) is 29.6 Å². The number of carbonyl (C=O) groups is 2. The Labute approximate surface area is 202 Å². The number of ether oxygens (including phenoxy) is 1. The van der Waals surface area contributed by atoms with Crippen LogP contribution in [0.4, 0.5) is 5.69 Å². The van der Waals surface area contributed by atoms with Gasteiger partial charge in [-0.2, -0.15) is 0 Å².